The number of benzene rings is 5. The van der Waals surface area contributed by atoms with E-state index in [0.29, 0.717) is 0 Å². The molecule has 0 radical (unpaired) electrons. The third kappa shape index (κ3) is 4.80. The van der Waals surface area contributed by atoms with Gasteiger partial charge in [-0.25, -0.2) is 0 Å². The second kappa shape index (κ2) is 11.6. The van der Waals surface area contributed by atoms with Crippen LogP contribution in [0.3, 0.4) is 0 Å². The number of likely N-dealkylation sites (N-methyl/N-ethyl adjacent to an activating group) is 1. The summed E-state index contributed by atoms with van der Waals surface area (Å²) in [5.41, 5.74) is 6.03. The summed E-state index contributed by atoms with van der Waals surface area (Å²) in [5, 5.41) is 11.2. The predicted molar refractivity (Wildman–Crippen MR) is 187 cm³/mol. The largest absolute Gasteiger partial charge is 2.00 e. The molecular formula is C37H26N2S3W. The third-order valence-corrected chi connectivity index (χ3v) is 11.0. The Labute approximate surface area is 278 Å². The van der Waals surface area contributed by atoms with E-state index in [1.165, 1.54) is 68.1 Å². The van der Waals surface area contributed by atoms with E-state index in [1.54, 1.807) is 0 Å². The molecule has 6 heteroatoms. The van der Waals surface area contributed by atoms with Gasteiger partial charge >= 0.3 is 21.1 Å². The van der Waals surface area contributed by atoms with E-state index in [4.69, 9.17) is 12.6 Å². The average Bonchev–Trinajstić information content (AvgIpc) is 3.71. The molecule has 1 unspecified atom stereocenters. The minimum absolute atomic E-state index is 0. The SMILES string of the molecule is C[N-]C1=C([S-])c2c(sc3ccccc23)CC1c1ccccc1.[W+2].c1ccc2c(c1)[nH]c1cc3c(cc12)sc1ccccc13. The fourth-order valence-electron chi connectivity index (χ4n) is 6.35. The molecule has 1 atom stereocenters. The first-order valence-electron chi connectivity index (χ1n) is 14.1. The van der Waals surface area contributed by atoms with E-state index in [-0.39, 0.29) is 27.0 Å². The molecule has 1 aliphatic rings. The van der Waals surface area contributed by atoms with Crippen molar-refractivity contribution in [1.29, 1.82) is 0 Å². The molecule has 0 bridgehead atoms. The van der Waals surface area contributed by atoms with Crippen molar-refractivity contribution in [3.63, 3.8) is 0 Å². The molecule has 0 amide bonds. The number of allylic oxidation sites excluding steroid dienone is 1. The second-order valence-electron chi connectivity index (χ2n) is 10.7. The van der Waals surface area contributed by atoms with Crippen molar-refractivity contribution >= 4 is 92.3 Å². The molecule has 208 valence electrons. The van der Waals surface area contributed by atoms with Gasteiger partial charge in [-0.05, 0) is 59.2 Å². The molecule has 1 N–H and O–H groups in total. The number of nitrogens with zero attached hydrogens (tertiary/aromatic N) is 1. The van der Waals surface area contributed by atoms with E-state index in [0.717, 1.165) is 17.0 Å². The molecule has 2 nitrogen and oxygen atoms in total. The van der Waals surface area contributed by atoms with E-state index in [2.05, 4.69) is 126 Å². The minimum Gasteiger partial charge on any atom is -0.780 e. The molecule has 8 aromatic rings. The zero-order valence-corrected chi connectivity index (χ0v) is 28.7. The topological polar surface area (TPSA) is 29.9 Å². The molecule has 43 heavy (non-hydrogen) atoms. The number of rotatable bonds is 2. The Hall–Kier alpha value is -3.47. The first kappa shape index (κ1) is 28.3. The van der Waals surface area contributed by atoms with Gasteiger partial charge < -0.3 is 22.9 Å². The monoisotopic (exact) mass is 778 g/mol. The molecule has 0 saturated heterocycles. The summed E-state index contributed by atoms with van der Waals surface area (Å²) in [4.78, 5) is 5.85. The van der Waals surface area contributed by atoms with Crippen LogP contribution < -0.4 is 0 Å². The Morgan fingerprint density at radius 1 is 0.651 bits per heavy atom. The van der Waals surface area contributed by atoms with Crippen LogP contribution in [0.15, 0.2) is 121 Å². The summed E-state index contributed by atoms with van der Waals surface area (Å²) in [7, 11) is 1.86. The van der Waals surface area contributed by atoms with Crippen LogP contribution in [0.1, 0.15) is 21.9 Å². The van der Waals surface area contributed by atoms with Gasteiger partial charge in [0.25, 0.3) is 0 Å². The van der Waals surface area contributed by atoms with Crippen molar-refractivity contribution in [3.8, 4) is 0 Å². The van der Waals surface area contributed by atoms with Crippen LogP contribution in [0.4, 0.5) is 0 Å². The van der Waals surface area contributed by atoms with Gasteiger partial charge in [0.1, 0.15) is 0 Å². The van der Waals surface area contributed by atoms with Crippen LogP contribution in [0.25, 0.3) is 62.3 Å². The Balaban J connectivity index is 0.000000137. The molecule has 3 aromatic heterocycles. The molecule has 3 heterocycles. The van der Waals surface area contributed by atoms with E-state index in [9.17, 15) is 0 Å². The predicted octanol–water partition coefficient (Wildman–Crippen LogP) is 11.1. The van der Waals surface area contributed by atoms with E-state index < -0.39 is 0 Å². The van der Waals surface area contributed by atoms with Crippen molar-refractivity contribution in [1.82, 2.24) is 4.98 Å². The van der Waals surface area contributed by atoms with Crippen LogP contribution in [0.2, 0.25) is 0 Å². The van der Waals surface area contributed by atoms with E-state index in [1.807, 2.05) is 29.7 Å². The Morgan fingerprint density at radius 2 is 1.30 bits per heavy atom. The molecule has 0 spiro atoms. The van der Waals surface area contributed by atoms with Gasteiger partial charge in [-0.3, -0.25) is 0 Å². The van der Waals surface area contributed by atoms with E-state index >= 15 is 0 Å². The smallest absolute Gasteiger partial charge is 0.780 e. The average molecular weight is 779 g/mol. The summed E-state index contributed by atoms with van der Waals surface area (Å²) in [5.74, 6) is 0.277. The number of fused-ring (bicyclic) bond motifs is 9. The fourth-order valence-corrected chi connectivity index (χ4v) is 9.26. The van der Waals surface area contributed by atoms with Crippen molar-refractivity contribution < 1.29 is 21.1 Å². The minimum atomic E-state index is 0. The van der Waals surface area contributed by atoms with Gasteiger partial charge in [0, 0.05) is 51.6 Å². The zero-order valence-electron chi connectivity index (χ0n) is 23.3. The van der Waals surface area contributed by atoms with Gasteiger partial charge in [-0.2, -0.15) is 10.6 Å². The number of para-hydroxylation sites is 1. The maximum Gasteiger partial charge on any atom is 2.00 e. The summed E-state index contributed by atoms with van der Waals surface area (Å²) in [6.07, 6.45) is 0.992. The molecule has 0 aliphatic heterocycles. The first-order valence-corrected chi connectivity index (χ1v) is 16.1. The summed E-state index contributed by atoms with van der Waals surface area (Å²) < 4.78 is 4.04. The van der Waals surface area contributed by atoms with Crippen LogP contribution in [-0.4, -0.2) is 12.0 Å². The number of nitrogens with one attached hydrogen (secondary N) is 1. The van der Waals surface area contributed by atoms with Crippen molar-refractivity contribution in [2.24, 2.45) is 0 Å². The van der Waals surface area contributed by atoms with Gasteiger partial charge in [-0.1, -0.05) is 84.9 Å². The Morgan fingerprint density at radius 3 is 2.07 bits per heavy atom. The maximum atomic E-state index is 5.82. The summed E-state index contributed by atoms with van der Waals surface area (Å²) in [6.45, 7) is 0. The molecule has 0 fully saturated rings. The van der Waals surface area contributed by atoms with Gasteiger partial charge in [0.15, 0.2) is 0 Å². The normalized spacial score (nSPS) is 14.6. The molecule has 9 rings (SSSR count). The van der Waals surface area contributed by atoms with Crippen molar-refractivity contribution in [2.75, 3.05) is 7.05 Å². The Kier molecular flexibility index (Phi) is 7.61. The number of thiophene rings is 2. The number of hydrogen-bond donors (Lipinski definition) is 1. The summed E-state index contributed by atoms with van der Waals surface area (Å²) in [6, 6.07) is 40.9. The quantitative estimate of drug-likeness (QED) is 0.174. The van der Waals surface area contributed by atoms with Crippen LogP contribution in [0, 0.1) is 0 Å². The van der Waals surface area contributed by atoms with Crippen LogP contribution in [0.5, 0.6) is 0 Å². The number of hydrogen-bond acceptors (Lipinski definition) is 3. The third-order valence-electron chi connectivity index (χ3n) is 8.29. The molecular weight excluding hydrogens is 752 g/mol. The number of aromatic amines is 1. The number of H-pyrrole nitrogens is 1. The van der Waals surface area contributed by atoms with Gasteiger partial charge in [-0.15, -0.1) is 29.7 Å². The molecule has 1 aliphatic carbocycles. The zero-order chi connectivity index (χ0) is 28.2. The van der Waals surface area contributed by atoms with Crippen LogP contribution in [-0.2, 0) is 40.1 Å². The van der Waals surface area contributed by atoms with Gasteiger partial charge in [0.05, 0.1) is 0 Å². The van der Waals surface area contributed by atoms with Crippen LogP contribution >= 0.6 is 22.7 Å². The standard InChI is InChI=1S/C19H16NS2.C18H11NS.W/c1-20-18-14(12-7-3-2-4-8-12)11-16-17(19(18)21)13-9-5-6-10-15(13)22-16;1-3-7-15-11(5-1)13-10-18-14(9-16(13)19-15)12-6-2-4-8-17(12)20-18;/h2-10,14,21H,11H2,1H3;1-10,19H;/q-1;;+2/p-1. The van der Waals surface area contributed by atoms with Gasteiger partial charge in [0.2, 0.25) is 0 Å². The van der Waals surface area contributed by atoms with Crippen molar-refractivity contribution in [2.45, 2.75) is 12.3 Å². The second-order valence-corrected chi connectivity index (χ2v) is 13.3. The first-order chi connectivity index (χ1) is 20.7. The Bertz CT molecular complexity index is 2200. The fraction of sp³-hybridized carbons (Fsp3) is 0.0811. The van der Waals surface area contributed by atoms with Crippen molar-refractivity contribution in [3.05, 3.63) is 142 Å². The molecule has 0 saturated carbocycles. The summed E-state index contributed by atoms with van der Waals surface area (Å²) >= 11 is 9.56. The maximum absolute atomic E-state index is 5.82. The molecule has 5 aromatic carbocycles. The number of aromatic nitrogens is 1.